The largest absolute Gasteiger partial charge is 0.495 e. The molecule has 0 bridgehead atoms. The van der Waals surface area contributed by atoms with Gasteiger partial charge in [-0.1, -0.05) is 0 Å². The van der Waals surface area contributed by atoms with E-state index in [-0.39, 0.29) is 5.69 Å². The molecule has 2 rings (SSSR count). The molecule has 0 atom stereocenters. The Morgan fingerprint density at radius 3 is 2.71 bits per heavy atom. The first-order chi connectivity index (χ1) is 8.13. The third-order valence-electron chi connectivity index (χ3n) is 2.33. The van der Waals surface area contributed by atoms with Crippen LogP contribution in [-0.2, 0) is 7.05 Å². The second kappa shape index (κ2) is 4.20. The van der Waals surface area contributed by atoms with E-state index in [0.717, 1.165) is 0 Å². The van der Waals surface area contributed by atoms with Gasteiger partial charge in [0, 0.05) is 7.05 Å². The Bertz CT molecular complexity index is 547. The molecule has 0 N–H and O–H groups in total. The van der Waals surface area contributed by atoms with E-state index in [4.69, 9.17) is 4.74 Å². The summed E-state index contributed by atoms with van der Waals surface area (Å²) in [4.78, 5) is 14.5. The second-order valence-electron chi connectivity index (χ2n) is 3.34. The Kier molecular flexibility index (Phi) is 2.73. The first-order valence-corrected chi connectivity index (χ1v) is 4.80. The number of nitrogens with zero attached hydrogens (tertiary/aromatic N) is 4. The summed E-state index contributed by atoms with van der Waals surface area (Å²) < 4.78 is 6.40. The molecule has 0 aliphatic heterocycles. The topological polar surface area (TPSA) is 83.1 Å². The lowest BCUT2D eigenvalue weighted by atomic mass is 10.2. The molecular formula is C10H10N4O3. The van der Waals surface area contributed by atoms with Crippen molar-refractivity contribution < 1.29 is 9.66 Å². The fraction of sp³-hybridized carbons (Fsp3) is 0.200. The van der Waals surface area contributed by atoms with Crippen LogP contribution in [0.4, 0.5) is 5.69 Å². The van der Waals surface area contributed by atoms with Crippen molar-refractivity contribution >= 4 is 5.69 Å². The highest BCUT2D eigenvalue weighted by molar-refractivity contribution is 5.66. The quantitative estimate of drug-likeness (QED) is 0.592. The summed E-state index contributed by atoms with van der Waals surface area (Å²) in [6.45, 7) is 0. The molecule has 0 saturated carbocycles. The molecule has 7 heteroatoms. The van der Waals surface area contributed by atoms with E-state index < -0.39 is 4.92 Å². The van der Waals surface area contributed by atoms with E-state index in [2.05, 4.69) is 10.1 Å². The van der Waals surface area contributed by atoms with E-state index in [1.54, 1.807) is 19.2 Å². The summed E-state index contributed by atoms with van der Waals surface area (Å²) in [5, 5.41) is 14.7. The fourth-order valence-electron chi connectivity index (χ4n) is 1.50. The lowest BCUT2D eigenvalue weighted by Gasteiger charge is -2.02. The molecule has 7 nitrogen and oxygen atoms in total. The SMILES string of the molecule is COc1ccc(-c2c([N+](=O)[O-])cnn2C)nc1. The number of hydrogen-bond donors (Lipinski definition) is 0. The van der Waals surface area contributed by atoms with E-state index in [0.29, 0.717) is 17.1 Å². The molecule has 0 aromatic carbocycles. The average molecular weight is 234 g/mol. The molecule has 2 aromatic heterocycles. The van der Waals surface area contributed by atoms with Crippen LogP contribution in [0, 0.1) is 10.1 Å². The predicted molar refractivity (Wildman–Crippen MR) is 59.6 cm³/mol. The monoisotopic (exact) mass is 234 g/mol. The van der Waals surface area contributed by atoms with Crippen molar-refractivity contribution in [3.63, 3.8) is 0 Å². The van der Waals surface area contributed by atoms with E-state index in [1.165, 1.54) is 24.2 Å². The fourth-order valence-corrected chi connectivity index (χ4v) is 1.50. The summed E-state index contributed by atoms with van der Waals surface area (Å²) in [7, 11) is 3.16. The van der Waals surface area contributed by atoms with E-state index in [9.17, 15) is 10.1 Å². The zero-order chi connectivity index (χ0) is 12.4. The molecule has 0 unspecified atom stereocenters. The van der Waals surface area contributed by atoms with E-state index >= 15 is 0 Å². The standard InChI is InChI=1S/C10H10N4O3/c1-13-10(9(6-12-13)14(15)16)8-4-3-7(17-2)5-11-8/h3-6H,1-2H3. The molecule has 0 aliphatic carbocycles. The van der Waals surface area contributed by atoms with Crippen LogP contribution in [0.15, 0.2) is 24.5 Å². The van der Waals surface area contributed by atoms with Crippen LogP contribution >= 0.6 is 0 Å². The van der Waals surface area contributed by atoms with Gasteiger partial charge < -0.3 is 4.74 Å². The Hall–Kier alpha value is -2.44. The zero-order valence-corrected chi connectivity index (χ0v) is 9.32. The van der Waals surface area contributed by atoms with Crippen molar-refractivity contribution in [2.75, 3.05) is 7.11 Å². The Labute approximate surface area is 96.8 Å². The molecule has 0 spiro atoms. The normalized spacial score (nSPS) is 10.2. The maximum atomic E-state index is 10.8. The van der Waals surface area contributed by atoms with Crippen molar-refractivity contribution in [2.45, 2.75) is 0 Å². The van der Waals surface area contributed by atoms with Gasteiger partial charge in [0.1, 0.15) is 11.9 Å². The summed E-state index contributed by atoms with van der Waals surface area (Å²) in [6.07, 6.45) is 2.72. The lowest BCUT2D eigenvalue weighted by molar-refractivity contribution is -0.384. The van der Waals surface area contributed by atoms with Gasteiger partial charge in [-0.3, -0.25) is 19.8 Å². The number of aryl methyl sites for hydroxylation is 1. The van der Waals surface area contributed by atoms with Crippen molar-refractivity contribution in [2.24, 2.45) is 7.05 Å². The minimum atomic E-state index is -0.478. The van der Waals surface area contributed by atoms with Crippen LogP contribution in [-0.4, -0.2) is 26.8 Å². The zero-order valence-electron chi connectivity index (χ0n) is 9.32. The molecule has 88 valence electrons. The van der Waals surface area contributed by atoms with Crippen LogP contribution in [0.5, 0.6) is 5.75 Å². The van der Waals surface area contributed by atoms with Gasteiger partial charge in [0.15, 0.2) is 5.69 Å². The number of methoxy groups -OCH3 is 1. The molecule has 0 radical (unpaired) electrons. The summed E-state index contributed by atoms with van der Waals surface area (Å²) in [5.41, 5.74) is 0.792. The van der Waals surface area contributed by atoms with Crippen molar-refractivity contribution in [3.8, 4) is 17.1 Å². The number of rotatable bonds is 3. The van der Waals surface area contributed by atoms with Gasteiger partial charge in [-0.05, 0) is 12.1 Å². The number of pyridine rings is 1. The summed E-state index contributed by atoms with van der Waals surface area (Å²) in [5.74, 6) is 0.596. The molecule has 0 fully saturated rings. The van der Waals surface area contributed by atoms with Crippen LogP contribution in [0.2, 0.25) is 0 Å². The average Bonchev–Trinajstić information content (AvgIpc) is 2.71. The van der Waals surface area contributed by atoms with Crippen LogP contribution < -0.4 is 4.74 Å². The van der Waals surface area contributed by atoms with Crippen LogP contribution in [0.1, 0.15) is 0 Å². The highest BCUT2D eigenvalue weighted by atomic mass is 16.6. The van der Waals surface area contributed by atoms with Gasteiger partial charge in [0.25, 0.3) is 0 Å². The van der Waals surface area contributed by atoms with Gasteiger partial charge >= 0.3 is 5.69 Å². The molecule has 0 aliphatic rings. The predicted octanol–water partition coefficient (Wildman–Crippen LogP) is 1.40. The first-order valence-electron chi connectivity index (χ1n) is 4.80. The minimum absolute atomic E-state index is 0.0647. The van der Waals surface area contributed by atoms with Gasteiger partial charge in [-0.2, -0.15) is 5.10 Å². The highest BCUT2D eigenvalue weighted by Gasteiger charge is 2.21. The van der Waals surface area contributed by atoms with Crippen molar-refractivity contribution in [3.05, 3.63) is 34.6 Å². The molecule has 2 aromatic rings. The smallest absolute Gasteiger partial charge is 0.316 e. The van der Waals surface area contributed by atoms with Gasteiger partial charge in [-0.15, -0.1) is 0 Å². The third-order valence-corrected chi connectivity index (χ3v) is 2.33. The Morgan fingerprint density at radius 2 is 2.18 bits per heavy atom. The number of hydrogen-bond acceptors (Lipinski definition) is 5. The van der Waals surface area contributed by atoms with Gasteiger partial charge in [0.2, 0.25) is 0 Å². The van der Waals surface area contributed by atoms with Crippen LogP contribution in [0.3, 0.4) is 0 Å². The van der Waals surface area contributed by atoms with Gasteiger partial charge in [0.05, 0.1) is 23.9 Å². The minimum Gasteiger partial charge on any atom is -0.495 e. The Morgan fingerprint density at radius 1 is 1.41 bits per heavy atom. The third kappa shape index (κ3) is 1.94. The number of aromatic nitrogens is 3. The molecule has 17 heavy (non-hydrogen) atoms. The highest BCUT2D eigenvalue weighted by Crippen LogP contribution is 2.28. The first kappa shape index (κ1) is 11.1. The summed E-state index contributed by atoms with van der Waals surface area (Å²) >= 11 is 0. The Balaban J connectivity index is 2.51. The van der Waals surface area contributed by atoms with Crippen LogP contribution in [0.25, 0.3) is 11.4 Å². The molecular weight excluding hydrogens is 224 g/mol. The maximum Gasteiger partial charge on any atom is 0.316 e. The van der Waals surface area contributed by atoms with Crippen molar-refractivity contribution in [1.82, 2.24) is 14.8 Å². The van der Waals surface area contributed by atoms with Crippen molar-refractivity contribution in [1.29, 1.82) is 0 Å². The molecule has 0 saturated heterocycles. The molecule has 0 amide bonds. The molecule has 2 heterocycles. The van der Waals surface area contributed by atoms with E-state index in [1.807, 2.05) is 0 Å². The maximum absolute atomic E-state index is 10.8. The lowest BCUT2D eigenvalue weighted by Crippen LogP contribution is -1.98. The number of nitro groups is 1. The second-order valence-corrected chi connectivity index (χ2v) is 3.34. The van der Waals surface area contributed by atoms with Gasteiger partial charge in [-0.25, -0.2) is 0 Å². The number of ether oxygens (including phenoxy) is 1. The summed E-state index contributed by atoms with van der Waals surface area (Å²) in [6, 6.07) is 3.35.